The van der Waals surface area contributed by atoms with Gasteiger partial charge >= 0.3 is 6.03 Å². The van der Waals surface area contributed by atoms with E-state index in [4.69, 9.17) is 4.74 Å². The van der Waals surface area contributed by atoms with E-state index in [0.29, 0.717) is 35.7 Å². The van der Waals surface area contributed by atoms with Gasteiger partial charge in [-0.15, -0.1) is 0 Å². The zero-order valence-electron chi connectivity index (χ0n) is 18.3. The van der Waals surface area contributed by atoms with Gasteiger partial charge in [0.1, 0.15) is 12.3 Å². The lowest BCUT2D eigenvalue weighted by Crippen LogP contribution is -2.48. The number of carbonyl (C=O) groups is 3. The number of imide groups is 1. The molecule has 9 heteroatoms. The summed E-state index contributed by atoms with van der Waals surface area (Å²) in [5, 5.41) is 10.1. The van der Waals surface area contributed by atoms with Gasteiger partial charge < -0.3 is 15.4 Å². The van der Waals surface area contributed by atoms with Gasteiger partial charge in [0.05, 0.1) is 29.4 Å². The number of urea groups is 1. The molecule has 1 saturated heterocycles. The van der Waals surface area contributed by atoms with E-state index in [9.17, 15) is 14.4 Å². The third kappa shape index (κ3) is 3.32. The fourth-order valence-electron chi connectivity index (χ4n) is 4.48. The summed E-state index contributed by atoms with van der Waals surface area (Å²) in [4.78, 5) is 39.9. The maximum absolute atomic E-state index is 13.4. The average Bonchev–Trinajstić information content (AvgIpc) is 3.23. The predicted octanol–water partition coefficient (Wildman–Crippen LogP) is 2.66. The molecule has 2 N–H and O–H groups in total. The van der Waals surface area contributed by atoms with Gasteiger partial charge in [-0.05, 0) is 32.0 Å². The Labute approximate surface area is 190 Å². The lowest BCUT2D eigenvalue weighted by Gasteiger charge is -2.33. The largest absolute Gasteiger partial charge is 0.493 e. The summed E-state index contributed by atoms with van der Waals surface area (Å²) in [5.41, 5.74) is 2.20. The second-order valence-electron chi connectivity index (χ2n) is 8.16. The Morgan fingerprint density at radius 1 is 1.12 bits per heavy atom. The SMILES string of the molecule is Cc1nn(-c2ccccc2)c(C)c1NC(=O)CN1C(=O)N[C@@]2(CCOc3ccccc32)C1=O. The van der Waals surface area contributed by atoms with Crippen molar-refractivity contribution in [2.24, 2.45) is 0 Å². The molecule has 0 aliphatic carbocycles. The molecule has 0 unspecified atom stereocenters. The highest BCUT2D eigenvalue weighted by Gasteiger charge is 2.55. The number of para-hydroxylation sites is 2. The molecule has 4 amide bonds. The van der Waals surface area contributed by atoms with Crippen molar-refractivity contribution < 1.29 is 19.1 Å². The Bertz CT molecular complexity index is 1270. The number of nitrogens with zero attached hydrogens (tertiary/aromatic N) is 3. The number of aryl methyl sites for hydroxylation is 1. The Kier molecular flexibility index (Phi) is 4.88. The van der Waals surface area contributed by atoms with Crippen molar-refractivity contribution in [1.82, 2.24) is 20.0 Å². The normalized spacial score (nSPS) is 19.3. The minimum Gasteiger partial charge on any atom is -0.493 e. The number of benzene rings is 2. The summed E-state index contributed by atoms with van der Waals surface area (Å²) < 4.78 is 7.39. The van der Waals surface area contributed by atoms with Crippen LogP contribution in [0.25, 0.3) is 5.69 Å². The van der Waals surface area contributed by atoms with Gasteiger partial charge in [-0.3, -0.25) is 14.5 Å². The van der Waals surface area contributed by atoms with E-state index in [1.807, 2.05) is 43.3 Å². The minimum absolute atomic E-state index is 0.292. The molecule has 2 aliphatic heterocycles. The topological polar surface area (TPSA) is 106 Å². The Morgan fingerprint density at radius 2 is 1.85 bits per heavy atom. The smallest absolute Gasteiger partial charge is 0.325 e. The summed E-state index contributed by atoms with van der Waals surface area (Å²) in [5.74, 6) is -0.371. The number of fused-ring (bicyclic) bond motifs is 2. The lowest BCUT2D eigenvalue weighted by atomic mass is 9.84. The van der Waals surface area contributed by atoms with Gasteiger partial charge in [0, 0.05) is 12.0 Å². The number of rotatable bonds is 4. The molecule has 1 spiro atoms. The lowest BCUT2D eigenvalue weighted by molar-refractivity contribution is -0.135. The first-order valence-electron chi connectivity index (χ1n) is 10.7. The number of hydrogen-bond acceptors (Lipinski definition) is 5. The third-order valence-corrected chi connectivity index (χ3v) is 6.12. The number of anilines is 1. The summed E-state index contributed by atoms with van der Waals surface area (Å²) in [6, 6.07) is 16.1. The quantitative estimate of drug-likeness (QED) is 0.601. The summed E-state index contributed by atoms with van der Waals surface area (Å²) >= 11 is 0. The van der Waals surface area contributed by atoms with Crippen LogP contribution in [0.1, 0.15) is 23.4 Å². The average molecular weight is 445 g/mol. The molecule has 1 atom stereocenters. The van der Waals surface area contributed by atoms with Crippen LogP contribution in [0.15, 0.2) is 54.6 Å². The summed E-state index contributed by atoms with van der Waals surface area (Å²) in [7, 11) is 0. The molecule has 0 saturated carbocycles. The first-order chi connectivity index (χ1) is 15.9. The highest BCUT2D eigenvalue weighted by molar-refractivity contribution is 6.10. The van der Waals surface area contributed by atoms with Crippen molar-refractivity contribution in [3.05, 3.63) is 71.5 Å². The zero-order valence-corrected chi connectivity index (χ0v) is 18.3. The highest BCUT2D eigenvalue weighted by Crippen LogP contribution is 2.40. The second kappa shape index (κ2) is 7.77. The first kappa shape index (κ1) is 20.7. The fourth-order valence-corrected chi connectivity index (χ4v) is 4.48. The monoisotopic (exact) mass is 445 g/mol. The number of carbonyl (C=O) groups excluding carboxylic acids is 3. The number of amides is 4. The van der Waals surface area contributed by atoms with Crippen molar-refractivity contribution >= 4 is 23.5 Å². The van der Waals surface area contributed by atoms with Gasteiger partial charge in [-0.25, -0.2) is 9.48 Å². The Morgan fingerprint density at radius 3 is 2.64 bits per heavy atom. The van der Waals surface area contributed by atoms with Crippen LogP contribution < -0.4 is 15.4 Å². The molecule has 2 aliphatic rings. The van der Waals surface area contributed by atoms with Gasteiger partial charge in [-0.2, -0.15) is 5.10 Å². The molecule has 5 rings (SSSR count). The minimum atomic E-state index is -1.21. The molecular formula is C24H23N5O4. The van der Waals surface area contributed by atoms with Gasteiger partial charge in [-0.1, -0.05) is 36.4 Å². The van der Waals surface area contributed by atoms with Crippen LogP contribution in [0, 0.1) is 13.8 Å². The van der Waals surface area contributed by atoms with Crippen molar-refractivity contribution in [2.45, 2.75) is 25.8 Å². The first-order valence-corrected chi connectivity index (χ1v) is 10.7. The van der Waals surface area contributed by atoms with Crippen LogP contribution >= 0.6 is 0 Å². The fraction of sp³-hybridized carbons (Fsp3) is 0.250. The summed E-state index contributed by atoms with van der Waals surface area (Å²) in [6.45, 7) is 3.54. The standard InChI is InChI=1S/C24H23N5O4/c1-15-21(16(2)29(27-15)17-8-4-3-5-9-17)25-20(30)14-28-22(31)24(26-23(28)32)12-13-33-19-11-7-6-10-18(19)24/h3-11H,12-14H2,1-2H3,(H,25,30)(H,26,32)/t24-/m1/s1. The number of nitrogens with one attached hydrogen (secondary N) is 2. The van der Waals surface area contributed by atoms with Crippen molar-refractivity contribution in [1.29, 1.82) is 0 Å². The van der Waals surface area contributed by atoms with Crippen LogP contribution in [0.5, 0.6) is 5.75 Å². The van der Waals surface area contributed by atoms with E-state index in [1.54, 1.807) is 29.8 Å². The van der Waals surface area contributed by atoms with Gasteiger partial charge in [0.2, 0.25) is 5.91 Å². The van der Waals surface area contributed by atoms with E-state index in [2.05, 4.69) is 15.7 Å². The van der Waals surface area contributed by atoms with Gasteiger partial charge in [0.25, 0.3) is 5.91 Å². The molecular weight excluding hydrogens is 422 g/mol. The van der Waals surface area contributed by atoms with Crippen LogP contribution in [-0.2, 0) is 15.1 Å². The van der Waals surface area contributed by atoms with E-state index in [0.717, 1.165) is 16.3 Å². The molecule has 0 radical (unpaired) electrons. The summed E-state index contributed by atoms with van der Waals surface area (Å²) in [6.07, 6.45) is 0.300. The molecule has 0 bridgehead atoms. The highest BCUT2D eigenvalue weighted by atomic mass is 16.5. The van der Waals surface area contributed by atoms with Crippen molar-refractivity contribution in [3.63, 3.8) is 0 Å². The van der Waals surface area contributed by atoms with Crippen LogP contribution in [0.4, 0.5) is 10.5 Å². The molecule has 9 nitrogen and oxygen atoms in total. The molecule has 2 aromatic carbocycles. The van der Waals surface area contributed by atoms with Crippen molar-refractivity contribution in [2.75, 3.05) is 18.5 Å². The molecule has 168 valence electrons. The Hall–Kier alpha value is -4.14. The molecule has 33 heavy (non-hydrogen) atoms. The molecule has 1 aromatic heterocycles. The number of aromatic nitrogens is 2. The van der Waals surface area contributed by atoms with Gasteiger partial charge in [0.15, 0.2) is 5.54 Å². The number of ether oxygens (including phenoxy) is 1. The second-order valence-corrected chi connectivity index (χ2v) is 8.16. The van der Waals surface area contributed by atoms with E-state index < -0.39 is 29.9 Å². The predicted molar refractivity (Wildman–Crippen MR) is 120 cm³/mol. The van der Waals surface area contributed by atoms with E-state index >= 15 is 0 Å². The van der Waals surface area contributed by atoms with Crippen LogP contribution in [0.2, 0.25) is 0 Å². The molecule has 3 aromatic rings. The third-order valence-electron chi connectivity index (χ3n) is 6.12. The van der Waals surface area contributed by atoms with E-state index in [-0.39, 0.29) is 0 Å². The molecule has 3 heterocycles. The maximum Gasteiger partial charge on any atom is 0.325 e. The van der Waals surface area contributed by atoms with E-state index in [1.165, 1.54) is 0 Å². The van der Waals surface area contributed by atoms with Crippen LogP contribution in [-0.4, -0.2) is 45.7 Å². The number of hydrogen-bond donors (Lipinski definition) is 2. The Balaban J connectivity index is 1.36. The van der Waals surface area contributed by atoms with Crippen LogP contribution in [0.3, 0.4) is 0 Å². The van der Waals surface area contributed by atoms with Crippen molar-refractivity contribution in [3.8, 4) is 11.4 Å². The maximum atomic E-state index is 13.4. The molecule has 1 fully saturated rings. The zero-order chi connectivity index (χ0) is 23.2.